The van der Waals surface area contributed by atoms with Gasteiger partial charge in [-0.3, -0.25) is 0 Å². The average Bonchev–Trinajstić information content (AvgIpc) is 2.45. The molecule has 0 fully saturated rings. The molecule has 0 saturated carbocycles. The monoisotopic (exact) mass is 350 g/mol. The van der Waals surface area contributed by atoms with Gasteiger partial charge in [0.1, 0.15) is 5.03 Å². The smallest absolute Gasteiger partial charge is 0.101 e. The summed E-state index contributed by atoms with van der Waals surface area (Å²) in [5.41, 5.74) is 1.23. The first-order valence-electron chi connectivity index (χ1n) is 6.82. The average molecular weight is 351 g/mol. The van der Waals surface area contributed by atoms with Crippen LogP contribution in [0, 0.1) is 0 Å². The minimum absolute atomic E-state index is 0.354. The third kappa shape index (κ3) is 4.62. The molecule has 2 rings (SSSR count). The molecule has 0 radical (unpaired) electrons. The number of aromatic nitrogens is 1. The molecule has 0 bridgehead atoms. The van der Waals surface area contributed by atoms with Crippen LogP contribution in [0.2, 0.25) is 0 Å². The molecule has 0 amide bonds. The Balaban J connectivity index is 2.01. The highest BCUT2D eigenvalue weighted by Crippen LogP contribution is 2.28. The van der Waals surface area contributed by atoms with Crippen LogP contribution < -0.4 is 5.32 Å². The van der Waals surface area contributed by atoms with Crippen molar-refractivity contribution < 1.29 is 0 Å². The number of nitrogens with one attached hydrogen (secondary N) is 1. The van der Waals surface area contributed by atoms with Gasteiger partial charge in [0, 0.05) is 21.6 Å². The third-order valence-corrected chi connectivity index (χ3v) is 4.41. The molecule has 1 N–H and O–H groups in total. The molecule has 2 nitrogen and oxygen atoms in total. The number of hydrogen-bond donors (Lipinski definition) is 1. The van der Waals surface area contributed by atoms with E-state index in [2.05, 4.69) is 64.3 Å². The van der Waals surface area contributed by atoms with Crippen molar-refractivity contribution in [3.05, 3.63) is 52.6 Å². The summed E-state index contributed by atoms with van der Waals surface area (Å²) in [4.78, 5) is 5.73. The molecule has 0 aliphatic carbocycles. The zero-order valence-corrected chi connectivity index (χ0v) is 14.2. The highest BCUT2D eigenvalue weighted by molar-refractivity contribution is 9.10. The first-order chi connectivity index (χ1) is 9.69. The number of hydrogen-bond acceptors (Lipinski definition) is 3. The number of rotatable bonds is 6. The predicted octanol–water partition coefficient (Wildman–Crippen LogP) is 5.06. The maximum atomic E-state index is 4.54. The fraction of sp³-hybridized carbons (Fsp3) is 0.312. The molecule has 4 heteroatoms. The first kappa shape index (κ1) is 15.5. The molecule has 0 aliphatic heterocycles. The molecule has 20 heavy (non-hydrogen) atoms. The topological polar surface area (TPSA) is 24.9 Å². The van der Waals surface area contributed by atoms with Crippen molar-refractivity contribution in [1.29, 1.82) is 0 Å². The standard InChI is InChI=1S/C16H19BrN2S/c1-3-9-18-12(2)13-7-8-16(19-11-13)20-15-6-4-5-14(17)10-15/h4-8,10-12,18H,3,9H2,1-2H3. The molecule has 106 valence electrons. The van der Waals surface area contributed by atoms with Crippen LogP contribution in [-0.2, 0) is 0 Å². The molecule has 0 saturated heterocycles. The van der Waals surface area contributed by atoms with Gasteiger partial charge in [-0.05, 0) is 49.7 Å². The molecule has 1 atom stereocenters. The molecule has 1 aromatic heterocycles. The first-order valence-corrected chi connectivity index (χ1v) is 8.42. The van der Waals surface area contributed by atoms with Crippen LogP contribution in [0.3, 0.4) is 0 Å². The molecular weight excluding hydrogens is 332 g/mol. The number of nitrogens with zero attached hydrogens (tertiary/aromatic N) is 1. The summed E-state index contributed by atoms with van der Waals surface area (Å²) < 4.78 is 1.09. The van der Waals surface area contributed by atoms with E-state index < -0.39 is 0 Å². The van der Waals surface area contributed by atoms with Gasteiger partial charge in [0.25, 0.3) is 0 Å². The largest absolute Gasteiger partial charge is 0.310 e. The fourth-order valence-corrected chi connectivity index (χ4v) is 3.20. The van der Waals surface area contributed by atoms with Crippen molar-refractivity contribution in [1.82, 2.24) is 10.3 Å². The minimum Gasteiger partial charge on any atom is -0.310 e. The van der Waals surface area contributed by atoms with Gasteiger partial charge in [0.2, 0.25) is 0 Å². The predicted molar refractivity (Wildman–Crippen MR) is 89.2 cm³/mol. The van der Waals surface area contributed by atoms with E-state index in [-0.39, 0.29) is 0 Å². The Morgan fingerprint density at radius 2 is 2.15 bits per heavy atom. The maximum absolute atomic E-state index is 4.54. The Morgan fingerprint density at radius 1 is 1.30 bits per heavy atom. The quantitative estimate of drug-likeness (QED) is 0.788. The summed E-state index contributed by atoms with van der Waals surface area (Å²) in [5.74, 6) is 0. The van der Waals surface area contributed by atoms with Gasteiger partial charge < -0.3 is 5.32 Å². The van der Waals surface area contributed by atoms with E-state index in [1.165, 1.54) is 10.5 Å². The van der Waals surface area contributed by atoms with Gasteiger partial charge in [0.15, 0.2) is 0 Å². The SMILES string of the molecule is CCCNC(C)c1ccc(Sc2cccc(Br)c2)nc1. The van der Waals surface area contributed by atoms with Crippen molar-refractivity contribution in [2.75, 3.05) is 6.54 Å². The van der Waals surface area contributed by atoms with Crippen LogP contribution in [-0.4, -0.2) is 11.5 Å². The van der Waals surface area contributed by atoms with E-state index >= 15 is 0 Å². The van der Waals surface area contributed by atoms with Crippen LogP contribution in [0.5, 0.6) is 0 Å². The van der Waals surface area contributed by atoms with E-state index in [1.807, 2.05) is 18.3 Å². The lowest BCUT2D eigenvalue weighted by Gasteiger charge is -2.13. The van der Waals surface area contributed by atoms with Gasteiger partial charge in [-0.25, -0.2) is 4.98 Å². The summed E-state index contributed by atoms with van der Waals surface area (Å²) in [6.07, 6.45) is 3.11. The fourth-order valence-electron chi connectivity index (χ4n) is 1.84. The lowest BCUT2D eigenvalue weighted by molar-refractivity contribution is 0.568. The molecule has 2 aromatic rings. The molecule has 0 spiro atoms. The Bertz CT molecular complexity index is 542. The highest BCUT2D eigenvalue weighted by Gasteiger charge is 2.05. The second-order valence-corrected chi connectivity index (χ2v) is 6.67. The maximum Gasteiger partial charge on any atom is 0.101 e. The van der Waals surface area contributed by atoms with Crippen LogP contribution in [0.1, 0.15) is 31.9 Å². The van der Waals surface area contributed by atoms with Crippen molar-refractivity contribution in [2.45, 2.75) is 36.2 Å². The van der Waals surface area contributed by atoms with Crippen LogP contribution >= 0.6 is 27.7 Å². The van der Waals surface area contributed by atoms with E-state index in [0.29, 0.717) is 6.04 Å². The Kier molecular flexibility index (Phi) is 6.07. The van der Waals surface area contributed by atoms with Gasteiger partial charge in [-0.2, -0.15) is 0 Å². The number of pyridine rings is 1. The molecular formula is C16H19BrN2S. The number of halogens is 1. The lowest BCUT2D eigenvalue weighted by atomic mass is 10.1. The highest BCUT2D eigenvalue weighted by atomic mass is 79.9. The van der Waals surface area contributed by atoms with Crippen LogP contribution in [0.25, 0.3) is 0 Å². The zero-order chi connectivity index (χ0) is 14.4. The van der Waals surface area contributed by atoms with Gasteiger partial charge in [-0.1, -0.05) is 46.7 Å². The Hall–Kier alpha value is -0.840. The van der Waals surface area contributed by atoms with E-state index in [0.717, 1.165) is 22.5 Å². The summed E-state index contributed by atoms with van der Waals surface area (Å²) >= 11 is 5.17. The van der Waals surface area contributed by atoms with Crippen LogP contribution in [0.4, 0.5) is 0 Å². The second kappa shape index (κ2) is 7.81. The summed E-state index contributed by atoms with van der Waals surface area (Å²) in [7, 11) is 0. The van der Waals surface area contributed by atoms with Gasteiger partial charge >= 0.3 is 0 Å². The summed E-state index contributed by atoms with van der Waals surface area (Å²) in [6.45, 7) is 5.39. The van der Waals surface area contributed by atoms with E-state index in [9.17, 15) is 0 Å². The van der Waals surface area contributed by atoms with Crippen molar-refractivity contribution in [3.63, 3.8) is 0 Å². The van der Waals surface area contributed by atoms with Crippen LogP contribution in [0.15, 0.2) is 57.0 Å². The zero-order valence-electron chi connectivity index (χ0n) is 11.8. The van der Waals surface area contributed by atoms with E-state index in [1.54, 1.807) is 11.8 Å². The normalized spacial score (nSPS) is 12.3. The van der Waals surface area contributed by atoms with Crippen molar-refractivity contribution in [2.24, 2.45) is 0 Å². The minimum atomic E-state index is 0.354. The Morgan fingerprint density at radius 3 is 2.80 bits per heavy atom. The second-order valence-electron chi connectivity index (χ2n) is 4.67. The third-order valence-electron chi connectivity index (χ3n) is 2.98. The molecule has 1 heterocycles. The van der Waals surface area contributed by atoms with Gasteiger partial charge in [0.05, 0.1) is 0 Å². The van der Waals surface area contributed by atoms with Crippen molar-refractivity contribution in [3.8, 4) is 0 Å². The number of benzene rings is 1. The molecule has 0 aliphatic rings. The van der Waals surface area contributed by atoms with Crippen molar-refractivity contribution >= 4 is 27.7 Å². The summed E-state index contributed by atoms with van der Waals surface area (Å²) in [5, 5.41) is 4.49. The van der Waals surface area contributed by atoms with E-state index in [4.69, 9.17) is 0 Å². The summed E-state index contributed by atoms with van der Waals surface area (Å²) in [6, 6.07) is 12.9. The lowest BCUT2D eigenvalue weighted by Crippen LogP contribution is -2.19. The Labute approximate surface area is 133 Å². The van der Waals surface area contributed by atoms with Gasteiger partial charge in [-0.15, -0.1) is 0 Å². The molecule has 1 unspecified atom stereocenters. The molecule has 1 aromatic carbocycles.